The number of rotatable bonds is 6. The molecule has 0 atom stereocenters. The van der Waals surface area contributed by atoms with Gasteiger partial charge in [0.15, 0.2) is 5.03 Å². The molecule has 2 aromatic rings. The molecule has 0 unspecified atom stereocenters. The number of sulfonamides is 1. The number of nitrogens with one attached hydrogen (secondary N) is 1. The van der Waals surface area contributed by atoms with Crippen LogP contribution < -0.4 is 4.74 Å². The molecule has 126 valence electrons. The van der Waals surface area contributed by atoms with E-state index in [1.54, 1.807) is 0 Å². The van der Waals surface area contributed by atoms with Gasteiger partial charge in [0.05, 0.1) is 18.1 Å². The van der Waals surface area contributed by atoms with Gasteiger partial charge in [-0.1, -0.05) is 0 Å². The summed E-state index contributed by atoms with van der Waals surface area (Å²) in [7, 11) is -2.32. The van der Waals surface area contributed by atoms with Gasteiger partial charge in [0, 0.05) is 13.6 Å². The fraction of sp³-hybridized carbons (Fsp3) is 0.308. The lowest BCUT2D eigenvalue weighted by atomic mass is 10.2. The highest BCUT2D eigenvalue weighted by molar-refractivity contribution is 7.89. The second-order valence-electron chi connectivity index (χ2n) is 4.61. The van der Waals surface area contributed by atoms with Gasteiger partial charge in [-0.3, -0.25) is 0 Å². The zero-order valence-corrected chi connectivity index (χ0v) is 12.9. The number of alkyl halides is 3. The van der Waals surface area contributed by atoms with Crippen molar-refractivity contribution in [1.29, 1.82) is 0 Å². The van der Waals surface area contributed by atoms with Crippen molar-refractivity contribution < 1.29 is 26.3 Å². The molecule has 1 N–H and O–H groups in total. The summed E-state index contributed by atoms with van der Waals surface area (Å²) in [5, 5.41) is -0.0467. The summed E-state index contributed by atoms with van der Waals surface area (Å²) in [6, 6.07) is 4.18. The number of imidazole rings is 1. The molecule has 0 amide bonds. The third-order valence-electron chi connectivity index (χ3n) is 3.02. The Hall–Kier alpha value is -2.07. The van der Waals surface area contributed by atoms with Gasteiger partial charge in [0.25, 0.3) is 10.0 Å². The van der Waals surface area contributed by atoms with Crippen molar-refractivity contribution in [3.8, 4) is 5.75 Å². The molecule has 0 aliphatic rings. The van der Waals surface area contributed by atoms with E-state index in [0.717, 1.165) is 16.4 Å². The van der Waals surface area contributed by atoms with Crippen LogP contribution in [-0.4, -0.2) is 42.9 Å². The van der Waals surface area contributed by atoms with Crippen LogP contribution in [0.25, 0.3) is 0 Å². The molecule has 0 radical (unpaired) electrons. The average Bonchev–Trinajstić information content (AvgIpc) is 3.01. The Morgan fingerprint density at radius 1 is 1.26 bits per heavy atom. The van der Waals surface area contributed by atoms with Crippen LogP contribution in [-0.2, 0) is 16.2 Å². The van der Waals surface area contributed by atoms with E-state index in [9.17, 15) is 21.6 Å². The third kappa shape index (κ3) is 4.23. The smallest absolute Gasteiger partial charge is 0.416 e. The minimum absolute atomic E-state index is 0.00473. The molecule has 0 saturated carbocycles. The molecule has 1 heterocycles. The van der Waals surface area contributed by atoms with Gasteiger partial charge in [-0.2, -0.15) is 17.5 Å². The lowest BCUT2D eigenvalue weighted by molar-refractivity contribution is -0.137. The Morgan fingerprint density at radius 2 is 1.91 bits per heavy atom. The van der Waals surface area contributed by atoms with Gasteiger partial charge in [0.1, 0.15) is 12.4 Å². The standard InChI is InChI=1S/C13H14F3N3O3S/c1-19(23(20,21)12-8-17-9-18-12)6-7-22-11-4-2-10(3-5-11)13(14,15)16/h2-5,8-9H,6-7H2,1H3,(H,17,18). The first-order chi connectivity index (χ1) is 10.7. The molecule has 6 nitrogen and oxygen atoms in total. The molecule has 10 heteroatoms. The number of halogens is 3. The fourth-order valence-electron chi connectivity index (χ4n) is 1.70. The van der Waals surface area contributed by atoms with E-state index in [0.29, 0.717) is 0 Å². The van der Waals surface area contributed by atoms with E-state index in [2.05, 4.69) is 9.97 Å². The molecule has 0 bridgehead atoms. The van der Waals surface area contributed by atoms with Crippen LogP contribution in [0, 0.1) is 0 Å². The highest BCUT2D eigenvalue weighted by Gasteiger charge is 2.30. The molecule has 1 aromatic carbocycles. The van der Waals surface area contributed by atoms with E-state index in [1.165, 1.54) is 31.7 Å². The Labute approximate surface area is 131 Å². The zero-order valence-electron chi connectivity index (χ0n) is 12.0. The number of aromatic nitrogens is 2. The van der Waals surface area contributed by atoms with Crippen LogP contribution in [0.4, 0.5) is 13.2 Å². The summed E-state index contributed by atoms with van der Waals surface area (Å²) in [5.74, 6) is 0.227. The van der Waals surface area contributed by atoms with E-state index in [4.69, 9.17) is 4.74 Å². The minimum atomic E-state index is -4.41. The van der Waals surface area contributed by atoms with Crippen molar-refractivity contribution in [1.82, 2.24) is 14.3 Å². The molecule has 1 aromatic heterocycles. The van der Waals surface area contributed by atoms with Crippen LogP contribution in [0.1, 0.15) is 5.56 Å². The normalized spacial score (nSPS) is 12.6. The van der Waals surface area contributed by atoms with Crippen molar-refractivity contribution in [2.75, 3.05) is 20.2 Å². The molecule has 0 saturated heterocycles. The first kappa shape index (κ1) is 17.3. The number of H-pyrrole nitrogens is 1. The molecule has 23 heavy (non-hydrogen) atoms. The maximum atomic E-state index is 12.4. The molecule has 0 aliphatic carbocycles. The summed E-state index contributed by atoms with van der Waals surface area (Å²) in [6.07, 6.45) is -1.97. The molecule has 0 spiro atoms. The predicted octanol–water partition coefficient (Wildman–Crippen LogP) is 2.13. The van der Waals surface area contributed by atoms with Crippen molar-refractivity contribution >= 4 is 10.0 Å². The molecule has 0 fully saturated rings. The number of aromatic amines is 1. The Kier molecular flexibility index (Phi) is 4.95. The topological polar surface area (TPSA) is 75.3 Å². The summed E-state index contributed by atoms with van der Waals surface area (Å²) >= 11 is 0. The van der Waals surface area contributed by atoms with E-state index in [-0.39, 0.29) is 23.9 Å². The van der Waals surface area contributed by atoms with Crippen LogP contribution in [0.2, 0.25) is 0 Å². The number of likely N-dealkylation sites (N-methyl/N-ethyl adjacent to an activating group) is 1. The summed E-state index contributed by atoms with van der Waals surface area (Å²) < 4.78 is 67.7. The molecule has 0 aliphatic heterocycles. The van der Waals surface area contributed by atoms with Gasteiger partial charge in [-0.05, 0) is 24.3 Å². The number of hydrogen-bond donors (Lipinski definition) is 1. The van der Waals surface area contributed by atoms with Gasteiger partial charge in [-0.25, -0.2) is 13.4 Å². The second kappa shape index (κ2) is 6.59. The lowest BCUT2D eigenvalue weighted by Crippen LogP contribution is -2.31. The SMILES string of the molecule is CN(CCOc1ccc(C(F)(F)F)cc1)S(=O)(=O)c1cnc[nH]1. The first-order valence-electron chi connectivity index (χ1n) is 6.46. The molecular formula is C13H14F3N3O3S. The van der Waals surface area contributed by atoms with Gasteiger partial charge in [0.2, 0.25) is 0 Å². The van der Waals surface area contributed by atoms with Crippen molar-refractivity contribution in [2.45, 2.75) is 11.2 Å². The minimum Gasteiger partial charge on any atom is -0.492 e. The van der Waals surface area contributed by atoms with Crippen molar-refractivity contribution in [3.63, 3.8) is 0 Å². The number of nitrogens with zero attached hydrogens (tertiary/aromatic N) is 2. The second-order valence-corrected chi connectivity index (χ2v) is 6.63. The number of benzene rings is 1. The van der Waals surface area contributed by atoms with E-state index >= 15 is 0 Å². The Bertz CT molecular complexity index is 728. The van der Waals surface area contributed by atoms with Crippen LogP contribution >= 0.6 is 0 Å². The predicted molar refractivity (Wildman–Crippen MR) is 75.3 cm³/mol. The van der Waals surface area contributed by atoms with Gasteiger partial charge in [-0.15, -0.1) is 0 Å². The van der Waals surface area contributed by atoms with Gasteiger partial charge < -0.3 is 9.72 Å². The molecule has 2 rings (SSSR count). The highest BCUT2D eigenvalue weighted by Crippen LogP contribution is 2.30. The van der Waals surface area contributed by atoms with E-state index in [1.807, 2.05) is 0 Å². The first-order valence-corrected chi connectivity index (χ1v) is 7.90. The van der Waals surface area contributed by atoms with E-state index < -0.39 is 21.8 Å². The summed E-state index contributed by atoms with van der Waals surface area (Å²) in [6.45, 7) is 0.0254. The fourth-order valence-corrected chi connectivity index (χ4v) is 2.75. The maximum Gasteiger partial charge on any atom is 0.416 e. The summed E-state index contributed by atoms with van der Waals surface area (Å²) in [5.41, 5.74) is -0.774. The quantitative estimate of drug-likeness (QED) is 0.867. The number of ether oxygens (including phenoxy) is 1. The lowest BCUT2D eigenvalue weighted by Gasteiger charge is -2.16. The Balaban J connectivity index is 1.90. The largest absolute Gasteiger partial charge is 0.492 e. The average molecular weight is 349 g/mol. The third-order valence-corrected chi connectivity index (χ3v) is 4.80. The summed E-state index contributed by atoms with van der Waals surface area (Å²) in [4.78, 5) is 6.14. The zero-order chi connectivity index (χ0) is 17.1. The van der Waals surface area contributed by atoms with Crippen molar-refractivity contribution in [3.05, 3.63) is 42.4 Å². The highest BCUT2D eigenvalue weighted by atomic mass is 32.2. The molecular weight excluding hydrogens is 335 g/mol. The van der Waals surface area contributed by atoms with Crippen LogP contribution in [0.5, 0.6) is 5.75 Å². The number of hydrogen-bond acceptors (Lipinski definition) is 4. The van der Waals surface area contributed by atoms with Crippen LogP contribution in [0.15, 0.2) is 41.8 Å². The van der Waals surface area contributed by atoms with Crippen LogP contribution in [0.3, 0.4) is 0 Å². The Morgan fingerprint density at radius 3 is 2.43 bits per heavy atom. The van der Waals surface area contributed by atoms with Crippen molar-refractivity contribution in [2.24, 2.45) is 0 Å². The maximum absolute atomic E-state index is 12.4. The van der Waals surface area contributed by atoms with Gasteiger partial charge >= 0.3 is 6.18 Å². The monoisotopic (exact) mass is 349 g/mol.